The number of carbonyl (C=O) groups is 1. The van der Waals surface area contributed by atoms with E-state index in [2.05, 4.69) is 10.2 Å². The molecular formula is C14H18Cl2N2O2. The number of hydrogen-bond donors (Lipinski definition) is 1. The zero-order valence-electron chi connectivity index (χ0n) is 11.4. The molecule has 0 spiro atoms. The molecule has 1 heterocycles. The molecule has 0 radical (unpaired) electrons. The van der Waals surface area contributed by atoms with E-state index in [1.165, 1.54) is 7.11 Å². The van der Waals surface area contributed by atoms with Crippen LogP contribution in [0.3, 0.4) is 0 Å². The molecule has 0 aromatic heterocycles. The van der Waals surface area contributed by atoms with Crippen LogP contribution in [-0.4, -0.2) is 44.2 Å². The predicted molar refractivity (Wildman–Crippen MR) is 80.3 cm³/mol. The largest absolute Gasteiger partial charge is 0.468 e. The van der Waals surface area contributed by atoms with E-state index in [-0.39, 0.29) is 5.97 Å². The first-order chi connectivity index (χ1) is 9.63. The molecule has 1 aliphatic heterocycles. The number of esters is 1. The molecular weight excluding hydrogens is 299 g/mol. The highest BCUT2D eigenvalue weighted by atomic mass is 35.5. The summed E-state index contributed by atoms with van der Waals surface area (Å²) in [5.74, 6) is -0.309. The van der Waals surface area contributed by atoms with Crippen LogP contribution in [0.5, 0.6) is 0 Å². The van der Waals surface area contributed by atoms with E-state index in [4.69, 9.17) is 27.9 Å². The van der Waals surface area contributed by atoms with Gasteiger partial charge in [-0.25, -0.2) is 4.79 Å². The lowest BCUT2D eigenvalue weighted by Crippen LogP contribution is -2.37. The molecule has 1 aromatic rings. The second-order valence-corrected chi connectivity index (χ2v) is 5.57. The van der Waals surface area contributed by atoms with Gasteiger partial charge in [-0.15, -0.1) is 0 Å². The molecule has 1 N–H and O–H groups in total. The zero-order chi connectivity index (χ0) is 14.5. The van der Waals surface area contributed by atoms with Gasteiger partial charge in [0.25, 0.3) is 0 Å². The molecule has 20 heavy (non-hydrogen) atoms. The number of methoxy groups -OCH3 is 1. The van der Waals surface area contributed by atoms with Crippen molar-refractivity contribution in [2.75, 3.05) is 33.3 Å². The molecule has 0 amide bonds. The highest BCUT2D eigenvalue weighted by Crippen LogP contribution is 2.31. The molecule has 6 heteroatoms. The average Bonchev–Trinajstić information content (AvgIpc) is 2.72. The van der Waals surface area contributed by atoms with Crippen molar-refractivity contribution in [3.63, 3.8) is 0 Å². The van der Waals surface area contributed by atoms with E-state index in [1.54, 1.807) is 18.2 Å². The summed E-state index contributed by atoms with van der Waals surface area (Å²) in [6, 6.07) is 4.66. The highest BCUT2D eigenvalue weighted by Gasteiger charge is 2.30. The molecule has 110 valence electrons. The first-order valence-corrected chi connectivity index (χ1v) is 7.36. The first-order valence-electron chi connectivity index (χ1n) is 6.61. The molecule has 1 saturated heterocycles. The Balaban J connectivity index is 2.35. The SMILES string of the molecule is COC(=O)C(c1cc(Cl)ccc1Cl)N1CCCNCC1. The van der Waals surface area contributed by atoms with Gasteiger partial charge in [-0.1, -0.05) is 23.2 Å². The van der Waals surface area contributed by atoms with Crippen molar-refractivity contribution in [3.8, 4) is 0 Å². The third-order valence-electron chi connectivity index (χ3n) is 3.42. The Hall–Kier alpha value is -0.810. The molecule has 2 rings (SSSR count). The highest BCUT2D eigenvalue weighted by molar-refractivity contribution is 6.33. The summed E-state index contributed by atoms with van der Waals surface area (Å²) < 4.78 is 4.95. The van der Waals surface area contributed by atoms with E-state index >= 15 is 0 Å². The van der Waals surface area contributed by atoms with Gasteiger partial charge in [0.2, 0.25) is 0 Å². The number of halogens is 2. The number of rotatable bonds is 3. The monoisotopic (exact) mass is 316 g/mol. The van der Waals surface area contributed by atoms with Gasteiger partial charge in [-0.05, 0) is 31.2 Å². The van der Waals surface area contributed by atoms with Crippen molar-refractivity contribution >= 4 is 29.2 Å². The Labute approximate surface area is 129 Å². The summed E-state index contributed by atoms with van der Waals surface area (Å²) in [7, 11) is 1.39. The van der Waals surface area contributed by atoms with Crippen LogP contribution >= 0.6 is 23.2 Å². The first kappa shape index (κ1) is 15.6. The van der Waals surface area contributed by atoms with Gasteiger partial charge in [0.15, 0.2) is 0 Å². The third-order valence-corrected chi connectivity index (χ3v) is 4.00. The fourth-order valence-electron chi connectivity index (χ4n) is 2.43. The molecule has 1 atom stereocenters. The van der Waals surface area contributed by atoms with E-state index in [9.17, 15) is 4.79 Å². The molecule has 1 aliphatic rings. The van der Waals surface area contributed by atoms with Crippen molar-refractivity contribution < 1.29 is 9.53 Å². The lowest BCUT2D eigenvalue weighted by Gasteiger charge is -2.29. The van der Waals surface area contributed by atoms with Crippen LogP contribution in [0.15, 0.2) is 18.2 Å². The number of carbonyl (C=O) groups excluding carboxylic acids is 1. The Bertz CT molecular complexity index is 474. The second-order valence-electron chi connectivity index (χ2n) is 4.73. The Kier molecular flexibility index (Phi) is 5.66. The van der Waals surface area contributed by atoms with E-state index < -0.39 is 6.04 Å². The Morgan fingerprint density at radius 1 is 1.35 bits per heavy atom. The molecule has 0 bridgehead atoms. The molecule has 1 unspecified atom stereocenters. The van der Waals surface area contributed by atoms with Crippen LogP contribution in [0.4, 0.5) is 0 Å². The predicted octanol–water partition coefficient (Wildman–Crippen LogP) is 2.50. The van der Waals surface area contributed by atoms with Gasteiger partial charge in [-0.2, -0.15) is 0 Å². The maximum atomic E-state index is 12.2. The number of ether oxygens (including phenoxy) is 1. The Morgan fingerprint density at radius 2 is 2.15 bits per heavy atom. The Morgan fingerprint density at radius 3 is 2.90 bits per heavy atom. The fourth-order valence-corrected chi connectivity index (χ4v) is 2.83. The van der Waals surface area contributed by atoms with E-state index in [0.29, 0.717) is 15.6 Å². The fraction of sp³-hybridized carbons (Fsp3) is 0.500. The summed E-state index contributed by atoms with van der Waals surface area (Å²) in [4.78, 5) is 14.3. The van der Waals surface area contributed by atoms with Crippen LogP contribution in [0.2, 0.25) is 10.0 Å². The zero-order valence-corrected chi connectivity index (χ0v) is 12.9. The minimum absolute atomic E-state index is 0.309. The summed E-state index contributed by atoms with van der Waals surface area (Å²) in [5.41, 5.74) is 0.702. The van der Waals surface area contributed by atoms with Gasteiger partial charge >= 0.3 is 5.97 Å². The van der Waals surface area contributed by atoms with Crippen molar-refractivity contribution in [2.24, 2.45) is 0 Å². The average molecular weight is 317 g/mol. The van der Waals surface area contributed by atoms with Gasteiger partial charge in [0.05, 0.1) is 7.11 Å². The minimum Gasteiger partial charge on any atom is -0.468 e. The van der Waals surface area contributed by atoms with Crippen LogP contribution < -0.4 is 5.32 Å². The van der Waals surface area contributed by atoms with Crippen molar-refractivity contribution in [2.45, 2.75) is 12.5 Å². The van der Waals surface area contributed by atoms with Gasteiger partial charge in [-0.3, -0.25) is 4.90 Å². The molecule has 1 fully saturated rings. The van der Waals surface area contributed by atoms with E-state index in [1.807, 2.05) is 0 Å². The van der Waals surface area contributed by atoms with Gasteiger partial charge < -0.3 is 10.1 Å². The number of nitrogens with one attached hydrogen (secondary N) is 1. The smallest absolute Gasteiger partial charge is 0.327 e. The van der Waals surface area contributed by atoms with Crippen LogP contribution in [0, 0.1) is 0 Å². The number of benzene rings is 1. The number of nitrogens with zero attached hydrogens (tertiary/aromatic N) is 1. The second kappa shape index (κ2) is 7.27. The maximum absolute atomic E-state index is 12.2. The summed E-state index contributed by atoms with van der Waals surface area (Å²) in [6.07, 6.45) is 0.978. The lowest BCUT2D eigenvalue weighted by molar-refractivity contribution is -0.147. The van der Waals surface area contributed by atoms with Crippen molar-refractivity contribution in [3.05, 3.63) is 33.8 Å². The van der Waals surface area contributed by atoms with Crippen LogP contribution in [0.1, 0.15) is 18.0 Å². The molecule has 1 aromatic carbocycles. The van der Waals surface area contributed by atoms with Crippen molar-refractivity contribution in [1.29, 1.82) is 0 Å². The number of hydrogen-bond acceptors (Lipinski definition) is 4. The topological polar surface area (TPSA) is 41.6 Å². The van der Waals surface area contributed by atoms with Gasteiger partial charge in [0.1, 0.15) is 6.04 Å². The van der Waals surface area contributed by atoms with Crippen LogP contribution in [0.25, 0.3) is 0 Å². The summed E-state index contributed by atoms with van der Waals surface area (Å²) in [6.45, 7) is 3.37. The lowest BCUT2D eigenvalue weighted by atomic mass is 10.0. The van der Waals surface area contributed by atoms with Crippen LogP contribution in [-0.2, 0) is 9.53 Å². The molecule has 4 nitrogen and oxygen atoms in total. The van der Waals surface area contributed by atoms with Crippen molar-refractivity contribution in [1.82, 2.24) is 10.2 Å². The van der Waals surface area contributed by atoms with Gasteiger partial charge in [0, 0.05) is 35.2 Å². The normalized spacial score (nSPS) is 18.4. The minimum atomic E-state index is -0.508. The summed E-state index contributed by atoms with van der Waals surface area (Å²) >= 11 is 12.3. The quantitative estimate of drug-likeness (QED) is 0.870. The summed E-state index contributed by atoms with van der Waals surface area (Å²) in [5, 5.41) is 4.40. The molecule has 0 aliphatic carbocycles. The van der Waals surface area contributed by atoms with E-state index in [0.717, 1.165) is 32.6 Å². The standard InChI is InChI=1S/C14H18Cl2N2O2/c1-20-14(19)13(18-7-2-5-17-6-8-18)11-9-10(15)3-4-12(11)16/h3-4,9,13,17H,2,5-8H2,1H3. The molecule has 0 saturated carbocycles. The maximum Gasteiger partial charge on any atom is 0.327 e. The third kappa shape index (κ3) is 3.64.